The highest BCUT2D eigenvalue weighted by Crippen LogP contribution is 2.30. The van der Waals surface area contributed by atoms with E-state index in [1.54, 1.807) is 0 Å². The summed E-state index contributed by atoms with van der Waals surface area (Å²) in [5.74, 6) is 1.32. The summed E-state index contributed by atoms with van der Waals surface area (Å²) in [6, 6.07) is 0.728. The zero-order chi connectivity index (χ0) is 12.4. The molecule has 2 N–H and O–H groups in total. The number of carbonyl (C=O) groups excluding carboxylic acids is 1. The largest absolute Gasteiger partial charge is 0.343 e. The lowest BCUT2D eigenvalue weighted by molar-refractivity contribution is -0.137. The normalized spacial score (nSPS) is 38.1. The number of nitrogens with zero attached hydrogens (tertiary/aromatic N) is 1. The average molecular weight is 238 g/mol. The second-order valence-electron chi connectivity index (χ2n) is 6.14. The van der Waals surface area contributed by atoms with Crippen molar-refractivity contribution in [3.05, 3.63) is 0 Å². The first-order valence-corrected chi connectivity index (χ1v) is 7.10. The van der Waals surface area contributed by atoms with Crippen LogP contribution in [-0.2, 0) is 4.79 Å². The molecule has 0 radical (unpaired) electrons. The summed E-state index contributed by atoms with van der Waals surface area (Å²) in [5, 5.41) is 0. The van der Waals surface area contributed by atoms with Crippen molar-refractivity contribution in [2.75, 3.05) is 7.05 Å². The maximum Gasteiger partial charge on any atom is 0.225 e. The summed E-state index contributed by atoms with van der Waals surface area (Å²) in [6.45, 7) is 2.30. The third-order valence-electron chi connectivity index (χ3n) is 4.63. The van der Waals surface area contributed by atoms with Gasteiger partial charge < -0.3 is 10.6 Å². The van der Waals surface area contributed by atoms with Gasteiger partial charge in [-0.15, -0.1) is 0 Å². The van der Waals surface area contributed by atoms with Crippen LogP contribution in [-0.4, -0.2) is 29.9 Å². The zero-order valence-electron chi connectivity index (χ0n) is 11.2. The van der Waals surface area contributed by atoms with E-state index in [1.807, 2.05) is 11.9 Å². The first-order valence-electron chi connectivity index (χ1n) is 7.10. The van der Waals surface area contributed by atoms with Gasteiger partial charge >= 0.3 is 0 Å². The Kier molecular flexibility index (Phi) is 4.08. The third kappa shape index (κ3) is 3.01. The molecule has 0 aromatic heterocycles. The van der Waals surface area contributed by atoms with Crippen molar-refractivity contribution >= 4 is 5.91 Å². The molecule has 2 aliphatic carbocycles. The van der Waals surface area contributed by atoms with E-state index in [0.29, 0.717) is 11.9 Å². The van der Waals surface area contributed by atoms with Gasteiger partial charge in [-0.1, -0.05) is 19.8 Å². The molecule has 4 unspecified atom stereocenters. The number of hydrogen-bond acceptors (Lipinski definition) is 2. The van der Waals surface area contributed by atoms with E-state index in [9.17, 15) is 4.79 Å². The molecule has 0 heterocycles. The Balaban J connectivity index is 1.90. The summed E-state index contributed by atoms with van der Waals surface area (Å²) in [5.41, 5.74) is 5.89. The van der Waals surface area contributed by atoms with Crippen LogP contribution in [0.3, 0.4) is 0 Å². The molecule has 17 heavy (non-hydrogen) atoms. The van der Waals surface area contributed by atoms with Gasteiger partial charge in [0.15, 0.2) is 0 Å². The maximum absolute atomic E-state index is 12.4. The summed E-state index contributed by atoms with van der Waals surface area (Å²) in [6.07, 6.45) is 7.87. The van der Waals surface area contributed by atoms with Gasteiger partial charge in [0.25, 0.3) is 0 Å². The average Bonchev–Trinajstić information content (AvgIpc) is 2.74. The Morgan fingerprint density at radius 2 is 1.94 bits per heavy atom. The molecule has 3 heteroatoms. The molecule has 3 nitrogen and oxygen atoms in total. The first kappa shape index (κ1) is 12.9. The Morgan fingerprint density at radius 1 is 1.18 bits per heavy atom. The molecule has 2 rings (SSSR count). The number of rotatable bonds is 2. The fourth-order valence-corrected chi connectivity index (χ4v) is 3.46. The summed E-state index contributed by atoms with van der Waals surface area (Å²) >= 11 is 0. The minimum Gasteiger partial charge on any atom is -0.343 e. The van der Waals surface area contributed by atoms with Crippen molar-refractivity contribution in [3.63, 3.8) is 0 Å². The molecule has 4 atom stereocenters. The van der Waals surface area contributed by atoms with Gasteiger partial charge in [-0.05, 0) is 38.0 Å². The van der Waals surface area contributed by atoms with Gasteiger partial charge in [-0.2, -0.15) is 0 Å². The molecule has 0 saturated heterocycles. The van der Waals surface area contributed by atoms with Crippen molar-refractivity contribution < 1.29 is 4.79 Å². The summed E-state index contributed by atoms with van der Waals surface area (Å²) in [7, 11) is 1.99. The fourth-order valence-electron chi connectivity index (χ4n) is 3.46. The van der Waals surface area contributed by atoms with Crippen molar-refractivity contribution in [2.24, 2.45) is 17.6 Å². The van der Waals surface area contributed by atoms with E-state index in [0.717, 1.165) is 25.2 Å². The van der Waals surface area contributed by atoms with Crippen molar-refractivity contribution in [2.45, 2.75) is 64.0 Å². The van der Waals surface area contributed by atoms with Gasteiger partial charge in [0.2, 0.25) is 5.91 Å². The zero-order valence-corrected chi connectivity index (χ0v) is 11.2. The lowest BCUT2D eigenvalue weighted by atomic mass is 9.86. The highest BCUT2D eigenvalue weighted by Gasteiger charge is 2.33. The van der Waals surface area contributed by atoms with Gasteiger partial charge in [-0.3, -0.25) is 4.79 Å². The number of carbonyl (C=O) groups is 1. The summed E-state index contributed by atoms with van der Waals surface area (Å²) < 4.78 is 0. The molecule has 0 spiro atoms. The van der Waals surface area contributed by atoms with Gasteiger partial charge in [-0.25, -0.2) is 0 Å². The van der Waals surface area contributed by atoms with Crippen molar-refractivity contribution in [3.8, 4) is 0 Å². The Labute approximate surface area is 105 Å². The van der Waals surface area contributed by atoms with E-state index in [4.69, 9.17) is 5.73 Å². The van der Waals surface area contributed by atoms with E-state index in [2.05, 4.69) is 6.92 Å². The Morgan fingerprint density at radius 3 is 2.53 bits per heavy atom. The second-order valence-corrected chi connectivity index (χ2v) is 6.14. The monoisotopic (exact) mass is 238 g/mol. The minimum atomic E-state index is 0.201. The van der Waals surface area contributed by atoms with Crippen molar-refractivity contribution in [1.29, 1.82) is 0 Å². The van der Waals surface area contributed by atoms with Crippen LogP contribution in [0.5, 0.6) is 0 Å². The van der Waals surface area contributed by atoms with Crippen LogP contribution in [0.4, 0.5) is 0 Å². The van der Waals surface area contributed by atoms with Crippen LogP contribution >= 0.6 is 0 Å². The fraction of sp³-hybridized carbons (Fsp3) is 0.929. The van der Waals surface area contributed by atoms with E-state index in [-0.39, 0.29) is 12.0 Å². The molecule has 2 aliphatic rings. The second kappa shape index (κ2) is 5.38. The van der Waals surface area contributed by atoms with Crippen molar-refractivity contribution in [1.82, 2.24) is 4.90 Å². The smallest absolute Gasteiger partial charge is 0.225 e. The molecular formula is C14H26N2O. The maximum atomic E-state index is 12.4. The molecule has 98 valence electrons. The van der Waals surface area contributed by atoms with E-state index in [1.165, 1.54) is 25.7 Å². The number of nitrogens with two attached hydrogens (primary N) is 1. The SMILES string of the molecule is CC1CCCC(N(C)C(=O)C2CCC(N)C2)C1. The van der Waals surface area contributed by atoms with E-state index < -0.39 is 0 Å². The Hall–Kier alpha value is -0.570. The topological polar surface area (TPSA) is 46.3 Å². The van der Waals surface area contributed by atoms with Crippen LogP contribution in [0.15, 0.2) is 0 Å². The van der Waals surface area contributed by atoms with Gasteiger partial charge in [0.05, 0.1) is 0 Å². The van der Waals surface area contributed by atoms with Crippen LogP contribution < -0.4 is 5.73 Å². The quantitative estimate of drug-likeness (QED) is 0.801. The third-order valence-corrected chi connectivity index (χ3v) is 4.63. The molecule has 0 aliphatic heterocycles. The number of hydrogen-bond donors (Lipinski definition) is 1. The predicted octanol–water partition coefficient (Wildman–Crippen LogP) is 2.15. The molecule has 2 fully saturated rings. The standard InChI is InChI=1S/C14H26N2O/c1-10-4-3-5-13(8-10)16(2)14(17)11-6-7-12(15)9-11/h10-13H,3-9,15H2,1-2H3. The molecule has 0 aromatic carbocycles. The van der Waals surface area contributed by atoms with Crippen LogP contribution in [0, 0.1) is 11.8 Å². The highest BCUT2D eigenvalue weighted by atomic mass is 16.2. The molecular weight excluding hydrogens is 212 g/mol. The van der Waals surface area contributed by atoms with Gasteiger partial charge in [0, 0.05) is 25.0 Å². The molecule has 0 bridgehead atoms. The van der Waals surface area contributed by atoms with Gasteiger partial charge in [0.1, 0.15) is 0 Å². The molecule has 0 aromatic rings. The lowest BCUT2D eigenvalue weighted by Gasteiger charge is -2.35. The summed E-state index contributed by atoms with van der Waals surface area (Å²) in [4.78, 5) is 14.4. The minimum absolute atomic E-state index is 0.201. The predicted molar refractivity (Wildman–Crippen MR) is 69.5 cm³/mol. The van der Waals surface area contributed by atoms with Crippen LogP contribution in [0.25, 0.3) is 0 Å². The highest BCUT2D eigenvalue weighted by molar-refractivity contribution is 5.79. The molecule has 2 saturated carbocycles. The number of amides is 1. The Bertz CT molecular complexity index is 279. The lowest BCUT2D eigenvalue weighted by Crippen LogP contribution is -2.42. The first-order chi connectivity index (χ1) is 8.08. The molecule has 1 amide bonds. The van der Waals surface area contributed by atoms with Crippen LogP contribution in [0.1, 0.15) is 51.9 Å². The van der Waals surface area contributed by atoms with E-state index >= 15 is 0 Å². The van der Waals surface area contributed by atoms with Crippen LogP contribution in [0.2, 0.25) is 0 Å².